The van der Waals surface area contributed by atoms with Gasteiger partial charge in [-0.05, 0) is 51.2 Å². The number of anilines is 1. The summed E-state index contributed by atoms with van der Waals surface area (Å²) in [4.78, 5) is 2.01. The number of hydrogen-bond acceptors (Lipinski definition) is 3. The van der Waals surface area contributed by atoms with E-state index in [9.17, 15) is 0 Å². The highest BCUT2D eigenvalue weighted by Gasteiger charge is 2.28. The molecule has 0 atom stereocenters. The van der Waals surface area contributed by atoms with Crippen molar-refractivity contribution in [3.05, 3.63) is 30.0 Å². The average Bonchev–Trinajstić information content (AvgIpc) is 2.36. The van der Waals surface area contributed by atoms with Crippen LogP contribution in [0.15, 0.2) is 30.0 Å². The number of fused-ring (bicyclic) bond motifs is 1. The number of benzene rings is 1. The number of thiocarbonyl (C=S) groups is 1. The first-order chi connectivity index (χ1) is 9.46. The standard InChI is InChI=1S/C15H18N2O2S/c1-10-9-15(2,3)16-14(20)17(10)11-4-5-12-13(8-11)19-7-6-18-12/h4-5,8-9H,6-7H2,1-3H3,(H,16,20). The van der Waals surface area contributed by atoms with E-state index < -0.39 is 0 Å². The van der Waals surface area contributed by atoms with E-state index in [0.29, 0.717) is 18.3 Å². The van der Waals surface area contributed by atoms with Gasteiger partial charge in [-0.2, -0.15) is 0 Å². The fourth-order valence-electron chi connectivity index (χ4n) is 2.61. The van der Waals surface area contributed by atoms with Crippen molar-refractivity contribution in [1.29, 1.82) is 0 Å². The molecule has 0 bridgehead atoms. The Morgan fingerprint density at radius 1 is 1.20 bits per heavy atom. The van der Waals surface area contributed by atoms with Crippen molar-refractivity contribution in [2.45, 2.75) is 26.3 Å². The summed E-state index contributed by atoms with van der Waals surface area (Å²) in [5.74, 6) is 1.56. The van der Waals surface area contributed by atoms with E-state index in [4.69, 9.17) is 21.7 Å². The van der Waals surface area contributed by atoms with Gasteiger partial charge in [-0.1, -0.05) is 0 Å². The summed E-state index contributed by atoms with van der Waals surface area (Å²) < 4.78 is 11.2. The second-order valence-electron chi connectivity index (χ2n) is 5.60. The van der Waals surface area contributed by atoms with E-state index >= 15 is 0 Å². The maximum absolute atomic E-state index is 5.63. The number of ether oxygens (including phenoxy) is 2. The Bertz CT molecular complexity index is 596. The van der Waals surface area contributed by atoms with Crippen molar-refractivity contribution in [2.75, 3.05) is 18.1 Å². The quantitative estimate of drug-likeness (QED) is 0.804. The lowest BCUT2D eigenvalue weighted by Crippen LogP contribution is -2.53. The van der Waals surface area contributed by atoms with Gasteiger partial charge in [0, 0.05) is 11.8 Å². The second kappa shape index (κ2) is 4.66. The average molecular weight is 290 g/mol. The van der Waals surface area contributed by atoms with Gasteiger partial charge in [-0.3, -0.25) is 4.90 Å². The Kier molecular flexibility index (Phi) is 3.09. The molecule has 0 saturated heterocycles. The predicted octanol–water partition coefficient (Wildman–Crippen LogP) is 2.83. The SMILES string of the molecule is CC1=CC(C)(C)NC(=S)N1c1ccc2c(c1)OCCO2. The van der Waals surface area contributed by atoms with Crippen LogP contribution in [0, 0.1) is 0 Å². The van der Waals surface area contributed by atoms with E-state index in [1.165, 1.54) is 0 Å². The van der Waals surface area contributed by atoms with Crippen LogP contribution in [0.25, 0.3) is 0 Å². The molecule has 0 aromatic heterocycles. The van der Waals surface area contributed by atoms with Crippen molar-refractivity contribution in [2.24, 2.45) is 0 Å². The number of allylic oxidation sites excluding steroid dienone is 1. The highest BCUT2D eigenvalue weighted by molar-refractivity contribution is 7.80. The molecule has 4 nitrogen and oxygen atoms in total. The highest BCUT2D eigenvalue weighted by Crippen LogP contribution is 2.36. The fraction of sp³-hybridized carbons (Fsp3) is 0.400. The lowest BCUT2D eigenvalue weighted by Gasteiger charge is -2.38. The fourth-order valence-corrected chi connectivity index (χ4v) is 3.12. The monoisotopic (exact) mass is 290 g/mol. The number of hydrogen-bond donors (Lipinski definition) is 1. The molecule has 1 aromatic rings. The first kappa shape index (κ1) is 13.2. The topological polar surface area (TPSA) is 33.7 Å². The first-order valence-corrected chi connectivity index (χ1v) is 7.08. The minimum atomic E-state index is -0.120. The second-order valence-corrected chi connectivity index (χ2v) is 5.99. The molecule has 0 saturated carbocycles. The molecular formula is C15H18N2O2S. The zero-order valence-electron chi connectivity index (χ0n) is 11.9. The van der Waals surface area contributed by atoms with Crippen molar-refractivity contribution < 1.29 is 9.47 Å². The van der Waals surface area contributed by atoms with Gasteiger partial charge in [0.1, 0.15) is 13.2 Å². The number of nitrogens with one attached hydrogen (secondary N) is 1. The van der Waals surface area contributed by atoms with Crippen LogP contribution in [0.3, 0.4) is 0 Å². The van der Waals surface area contributed by atoms with Crippen molar-refractivity contribution in [3.63, 3.8) is 0 Å². The molecule has 0 amide bonds. The third-order valence-corrected chi connectivity index (χ3v) is 3.62. The smallest absolute Gasteiger partial charge is 0.178 e. The zero-order valence-corrected chi connectivity index (χ0v) is 12.7. The Morgan fingerprint density at radius 2 is 1.90 bits per heavy atom. The van der Waals surface area contributed by atoms with Crippen LogP contribution in [-0.2, 0) is 0 Å². The molecule has 2 heterocycles. The minimum absolute atomic E-state index is 0.120. The summed E-state index contributed by atoms with van der Waals surface area (Å²) in [6.07, 6.45) is 2.17. The lowest BCUT2D eigenvalue weighted by atomic mass is 10.0. The molecular weight excluding hydrogens is 272 g/mol. The summed E-state index contributed by atoms with van der Waals surface area (Å²) in [6.45, 7) is 7.45. The van der Waals surface area contributed by atoms with Crippen LogP contribution in [0.5, 0.6) is 11.5 Å². The zero-order chi connectivity index (χ0) is 14.3. The molecule has 5 heteroatoms. The van der Waals surface area contributed by atoms with Crippen molar-refractivity contribution >= 4 is 23.0 Å². The van der Waals surface area contributed by atoms with Gasteiger partial charge in [0.05, 0.1) is 11.2 Å². The Morgan fingerprint density at radius 3 is 2.60 bits per heavy atom. The summed E-state index contributed by atoms with van der Waals surface area (Å²) in [6, 6.07) is 5.90. The molecule has 2 aliphatic rings. The maximum atomic E-state index is 5.63. The van der Waals surface area contributed by atoms with Gasteiger partial charge < -0.3 is 14.8 Å². The van der Waals surface area contributed by atoms with E-state index in [1.807, 2.05) is 23.1 Å². The van der Waals surface area contributed by atoms with Crippen LogP contribution in [0.1, 0.15) is 20.8 Å². The molecule has 1 aromatic carbocycles. The molecule has 20 heavy (non-hydrogen) atoms. The summed E-state index contributed by atoms with van der Waals surface area (Å²) >= 11 is 5.49. The van der Waals surface area contributed by atoms with Gasteiger partial charge in [0.2, 0.25) is 0 Å². The highest BCUT2D eigenvalue weighted by atomic mass is 32.1. The van der Waals surface area contributed by atoms with Gasteiger partial charge in [0.25, 0.3) is 0 Å². The minimum Gasteiger partial charge on any atom is -0.486 e. The summed E-state index contributed by atoms with van der Waals surface area (Å²) in [5, 5.41) is 4.02. The maximum Gasteiger partial charge on any atom is 0.178 e. The summed E-state index contributed by atoms with van der Waals surface area (Å²) in [5.41, 5.74) is 1.97. The predicted molar refractivity (Wildman–Crippen MR) is 83.5 cm³/mol. The van der Waals surface area contributed by atoms with Crippen molar-refractivity contribution in [1.82, 2.24) is 5.32 Å². The van der Waals surface area contributed by atoms with Gasteiger partial charge in [-0.15, -0.1) is 0 Å². The number of nitrogens with zero attached hydrogens (tertiary/aromatic N) is 1. The van der Waals surface area contributed by atoms with E-state index in [0.717, 1.165) is 22.9 Å². The van der Waals surface area contributed by atoms with Gasteiger partial charge in [0.15, 0.2) is 16.6 Å². The Balaban J connectivity index is 1.98. The third kappa shape index (κ3) is 2.33. The van der Waals surface area contributed by atoms with Crippen LogP contribution in [-0.4, -0.2) is 23.9 Å². The first-order valence-electron chi connectivity index (χ1n) is 6.68. The van der Waals surface area contributed by atoms with Crippen LogP contribution < -0.4 is 19.7 Å². The third-order valence-electron chi connectivity index (χ3n) is 3.34. The number of rotatable bonds is 1. The molecule has 1 N–H and O–H groups in total. The van der Waals surface area contributed by atoms with Crippen LogP contribution in [0.2, 0.25) is 0 Å². The molecule has 0 spiro atoms. The summed E-state index contributed by atoms with van der Waals surface area (Å²) in [7, 11) is 0. The Labute approximate surface area is 124 Å². The van der Waals surface area contributed by atoms with Crippen LogP contribution >= 0.6 is 12.2 Å². The normalized spacial score (nSPS) is 20.2. The molecule has 0 fully saturated rings. The largest absolute Gasteiger partial charge is 0.486 e. The Hall–Kier alpha value is -1.75. The molecule has 2 aliphatic heterocycles. The van der Waals surface area contributed by atoms with Gasteiger partial charge in [-0.25, -0.2) is 0 Å². The molecule has 0 aliphatic carbocycles. The molecule has 3 rings (SSSR count). The molecule has 0 radical (unpaired) electrons. The van der Waals surface area contributed by atoms with E-state index in [2.05, 4.69) is 32.2 Å². The van der Waals surface area contributed by atoms with E-state index in [1.54, 1.807) is 0 Å². The van der Waals surface area contributed by atoms with E-state index in [-0.39, 0.29) is 5.54 Å². The van der Waals surface area contributed by atoms with Gasteiger partial charge >= 0.3 is 0 Å². The molecule has 0 unspecified atom stereocenters. The molecule has 106 valence electrons. The van der Waals surface area contributed by atoms with Crippen LogP contribution in [0.4, 0.5) is 5.69 Å². The lowest BCUT2D eigenvalue weighted by molar-refractivity contribution is 0.171. The van der Waals surface area contributed by atoms with Crippen molar-refractivity contribution in [3.8, 4) is 11.5 Å².